The van der Waals surface area contributed by atoms with E-state index >= 15 is 0 Å². The van der Waals surface area contributed by atoms with Gasteiger partial charge in [0.25, 0.3) is 11.5 Å². The van der Waals surface area contributed by atoms with Crippen molar-refractivity contribution in [1.82, 2.24) is 9.88 Å². The van der Waals surface area contributed by atoms with Gasteiger partial charge >= 0.3 is 0 Å². The van der Waals surface area contributed by atoms with Crippen molar-refractivity contribution < 1.29 is 9.21 Å². The second kappa shape index (κ2) is 3.87. The van der Waals surface area contributed by atoms with Crippen LogP contribution < -0.4 is 10.9 Å². The van der Waals surface area contributed by atoms with Gasteiger partial charge in [0.2, 0.25) is 0 Å². The van der Waals surface area contributed by atoms with Crippen LogP contribution in [0, 0.1) is 0 Å². The number of furan rings is 1. The molecule has 1 aliphatic heterocycles. The number of rotatable bonds is 1. The molecule has 0 atom stereocenters. The topological polar surface area (TPSA) is 64.2 Å². The first-order chi connectivity index (χ1) is 8.68. The minimum atomic E-state index is -0.211. The Balaban J connectivity index is 2.36. The lowest BCUT2D eigenvalue weighted by atomic mass is 9.97. The van der Waals surface area contributed by atoms with Gasteiger partial charge in [-0.25, -0.2) is 0 Å². The molecule has 0 unspecified atom stereocenters. The standard InChI is InChI=1S/C13H12N2O3/c1-15-11(16)7-9-8(4-5-14-13(9)17)12(15)10-3-2-6-18-10/h2-3,6-7H,4-5H2,1H3,(H,14,17). The van der Waals surface area contributed by atoms with Gasteiger partial charge in [-0.1, -0.05) is 0 Å². The molecule has 0 saturated heterocycles. The molecule has 1 aliphatic rings. The number of hydrogen-bond acceptors (Lipinski definition) is 3. The van der Waals surface area contributed by atoms with E-state index in [1.807, 2.05) is 0 Å². The van der Waals surface area contributed by atoms with Gasteiger partial charge < -0.3 is 14.3 Å². The Labute approximate surface area is 103 Å². The van der Waals surface area contributed by atoms with Crippen molar-refractivity contribution in [1.29, 1.82) is 0 Å². The lowest BCUT2D eigenvalue weighted by Gasteiger charge is -2.20. The molecule has 0 radical (unpaired) electrons. The van der Waals surface area contributed by atoms with Gasteiger partial charge in [0.1, 0.15) is 0 Å². The Hall–Kier alpha value is -2.30. The monoisotopic (exact) mass is 244 g/mol. The molecule has 0 spiro atoms. The van der Waals surface area contributed by atoms with E-state index in [-0.39, 0.29) is 11.5 Å². The Kier molecular flexibility index (Phi) is 2.33. The number of carbonyl (C=O) groups is 1. The molecule has 0 bridgehead atoms. The van der Waals surface area contributed by atoms with Gasteiger partial charge in [0.05, 0.1) is 17.5 Å². The average molecular weight is 244 g/mol. The molecular formula is C13H12N2O3. The maximum atomic E-state index is 11.9. The van der Waals surface area contributed by atoms with Crippen LogP contribution in [-0.4, -0.2) is 17.0 Å². The summed E-state index contributed by atoms with van der Waals surface area (Å²) in [5.74, 6) is 0.419. The molecule has 92 valence electrons. The van der Waals surface area contributed by atoms with E-state index in [0.29, 0.717) is 30.0 Å². The molecule has 5 nitrogen and oxygen atoms in total. The molecule has 1 amide bonds. The minimum Gasteiger partial charge on any atom is -0.463 e. The molecule has 1 N–H and O–H groups in total. The van der Waals surface area contributed by atoms with Crippen molar-refractivity contribution in [2.75, 3.05) is 6.54 Å². The number of amides is 1. The van der Waals surface area contributed by atoms with Crippen molar-refractivity contribution >= 4 is 5.91 Å². The largest absolute Gasteiger partial charge is 0.463 e. The zero-order valence-corrected chi connectivity index (χ0v) is 9.90. The number of nitrogens with one attached hydrogen (secondary N) is 1. The SMILES string of the molecule is Cn1c(-c2ccco2)c2c(cc1=O)C(=O)NCC2. The Morgan fingerprint density at radius 2 is 2.22 bits per heavy atom. The molecule has 3 rings (SSSR count). The van der Waals surface area contributed by atoms with E-state index in [1.165, 1.54) is 10.6 Å². The van der Waals surface area contributed by atoms with Gasteiger partial charge in [-0.05, 0) is 24.1 Å². The predicted octanol–water partition coefficient (Wildman–Crippen LogP) is 0.931. The Bertz CT molecular complexity index is 668. The number of fused-ring (bicyclic) bond motifs is 1. The molecule has 3 heterocycles. The highest BCUT2D eigenvalue weighted by atomic mass is 16.3. The summed E-state index contributed by atoms with van der Waals surface area (Å²) in [4.78, 5) is 23.7. The summed E-state index contributed by atoms with van der Waals surface area (Å²) in [6, 6.07) is 4.94. The molecule has 5 heteroatoms. The van der Waals surface area contributed by atoms with Crippen LogP contribution in [0.1, 0.15) is 15.9 Å². The smallest absolute Gasteiger partial charge is 0.251 e. The van der Waals surface area contributed by atoms with Gasteiger partial charge in [0.15, 0.2) is 5.76 Å². The second-order valence-electron chi connectivity index (χ2n) is 4.27. The van der Waals surface area contributed by atoms with Crippen LogP contribution >= 0.6 is 0 Å². The third-order valence-corrected chi connectivity index (χ3v) is 3.20. The fourth-order valence-corrected chi connectivity index (χ4v) is 2.33. The summed E-state index contributed by atoms with van der Waals surface area (Å²) >= 11 is 0. The van der Waals surface area contributed by atoms with E-state index in [9.17, 15) is 9.59 Å². The van der Waals surface area contributed by atoms with Crippen LogP contribution in [0.25, 0.3) is 11.5 Å². The summed E-state index contributed by atoms with van der Waals surface area (Å²) in [6.45, 7) is 0.581. The third-order valence-electron chi connectivity index (χ3n) is 3.20. The van der Waals surface area contributed by atoms with Crippen LogP contribution in [-0.2, 0) is 13.5 Å². The minimum absolute atomic E-state index is 0.193. The first-order valence-corrected chi connectivity index (χ1v) is 5.73. The van der Waals surface area contributed by atoms with Crippen LogP contribution in [0.5, 0.6) is 0 Å². The van der Waals surface area contributed by atoms with Gasteiger partial charge in [0, 0.05) is 19.7 Å². The highest BCUT2D eigenvalue weighted by Crippen LogP contribution is 2.26. The molecule has 0 aliphatic carbocycles. The number of nitrogens with zero attached hydrogens (tertiary/aromatic N) is 1. The van der Waals surface area contributed by atoms with Crippen molar-refractivity contribution in [3.8, 4) is 11.5 Å². The lowest BCUT2D eigenvalue weighted by Crippen LogP contribution is -2.35. The van der Waals surface area contributed by atoms with Crippen LogP contribution in [0.4, 0.5) is 0 Å². The molecule has 0 saturated carbocycles. The average Bonchev–Trinajstić information content (AvgIpc) is 2.86. The Morgan fingerprint density at radius 3 is 2.94 bits per heavy atom. The van der Waals surface area contributed by atoms with Crippen molar-refractivity contribution in [3.63, 3.8) is 0 Å². The fourth-order valence-electron chi connectivity index (χ4n) is 2.33. The zero-order chi connectivity index (χ0) is 12.7. The highest BCUT2D eigenvalue weighted by molar-refractivity contribution is 5.98. The Morgan fingerprint density at radius 1 is 1.39 bits per heavy atom. The molecule has 0 aromatic carbocycles. The highest BCUT2D eigenvalue weighted by Gasteiger charge is 2.24. The summed E-state index contributed by atoms with van der Waals surface area (Å²) in [6.07, 6.45) is 2.26. The summed E-state index contributed by atoms with van der Waals surface area (Å²) < 4.78 is 6.89. The number of pyridine rings is 1. The van der Waals surface area contributed by atoms with E-state index in [0.717, 1.165) is 5.56 Å². The second-order valence-corrected chi connectivity index (χ2v) is 4.27. The summed E-state index contributed by atoms with van der Waals surface area (Å²) in [5.41, 5.74) is 1.81. The first kappa shape index (κ1) is 10.8. The summed E-state index contributed by atoms with van der Waals surface area (Å²) in [7, 11) is 1.69. The lowest BCUT2D eigenvalue weighted by molar-refractivity contribution is 0.0945. The summed E-state index contributed by atoms with van der Waals surface area (Å²) in [5, 5.41) is 2.74. The number of aromatic nitrogens is 1. The van der Waals surface area contributed by atoms with E-state index in [1.54, 1.807) is 25.4 Å². The van der Waals surface area contributed by atoms with Gasteiger partial charge in [-0.3, -0.25) is 9.59 Å². The predicted molar refractivity (Wildman–Crippen MR) is 65.4 cm³/mol. The number of hydrogen-bond donors (Lipinski definition) is 1. The van der Waals surface area contributed by atoms with E-state index < -0.39 is 0 Å². The van der Waals surface area contributed by atoms with Crippen molar-refractivity contribution in [2.45, 2.75) is 6.42 Å². The van der Waals surface area contributed by atoms with E-state index in [4.69, 9.17) is 4.42 Å². The van der Waals surface area contributed by atoms with Crippen molar-refractivity contribution in [3.05, 3.63) is 45.9 Å². The molecule has 0 fully saturated rings. The first-order valence-electron chi connectivity index (χ1n) is 5.73. The normalized spacial score (nSPS) is 14.2. The fraction of sp³-hybridized carbons (Fsp3) is 0.231. The van der Waals surface area contributed by atoms with Crippen LogP contribution in [0.3, 0.4) is 0 Å². The maximum absolute atomic E-state index is 11.9. The number of carbonyl (C=O) groups excluding carboxylic acids is 1. The van der Waals surface area contributed by atoms with Gasteiger partial charge in [-0.15, -0.1) is 0 Å². The zero-order valence-electron chi connectivity index (χ0n) is 9.90. The molecule has 2 aromatic heterocycles. The van der Waals surface area contributed by atoms with Crippen LogP contribution in [0.15, 0.2) is 33.7 Å². The van der Waals surface area contributed by atoms with Crippen LogP contribution in [0.2, 0.25) is 0 Å². The van der Waals surface area contributed by atoms with Gasteiger partial charge in [-0.2, -0.15) is 0 Å². The van der Waals surface area contributed by atoms with E-state index in [2.05, 4.69) is 5.32 Å². The quantitative estimate of drug-likeness (QED) is 0.811. The molecule has 2 aromatic rings. The van der Waals surface area contributed by atoms with Crippen molar-refractivity contribution in [2.24, 2.45) is 7.05 Å². The molecule has 18 heavy (non-hydrogen) atoms. The molecular weight excluding hydrogens is 232 g/mol. The maximum Gasteiger partial charge on any atom is 0.251 e. The third kappa shape index (κ3) is 1.48.